The maximum Gasteiger partial charge on any atom is 0.264 e. The summed E-state index contributed by atoms with van der Waals surface area (Å²) in [4.78, 5) is 11.1. The molecule has 0 radical (unpaired) electrons. The Morgan fingerprint density at radius 1 is 1.27 bits per heavy atom. The van der Waals surface area contributed by atoms with Crippen molar-refractivity contribution in [1.82, 2.24) is 10.2 Å². The van der Waals surface area contributed by atoms with Gasteiger partial charge >= 0.3 is 0 Å². The third-order valence-corrected chi connectivity index (χ3v) is 2.83. The van der Waals surface area contributed by atoms with Gasteiger partial charge < -0.3 is 0 Å². The van der Waals surface area contributed by atoms with Gasteiger partial charge in [0.1, 0.15) is 0 Å². The second-order valence-corrected chi connectivity index (χ2v) is 4.02. The Balaban J connectivity index is 2.28. The molecule has 0 saturated heterocycles. The van der Waals surface area contributed by atoms with Gasteiger partial charge in [-0.15, -0.1) is 0 Å². The van der Waals surface area contributed by atoms with Crippen molar-refractivity contribution >= 4 is 11.6 Å². The summed E-state index contributed by atoms with van der Waals surface area (Å²) < 4.78 is 0. The number of nitrogens with one attached hydrogen (secondary N) is 1. The van der Waals surface area contributed by atoms with E-state index in [0.717, 1.165) is 28.8 Å². The van der Waals surface area contributed by atoms with Crippen LogP contribution in [0.2, 0.25) is 5.02 Å². The van der Waals surface area contributed by atoms with E-state index in [9.17, 15) is 4.79 Å². The highest BCUT2D eigenvalue weighted by Crippen LogP contribution is 2.34. The molecule has 0 atom stereocenters. The molecule has 1 aliphatic carbocycles. The Bertz CT molecular complexity index is 604. The molecular weight excluding hydrogens is 212 g/mol. The predicted octanol–water partition coefficient (Wildman–Crippen LogP) is 1.99. The highest BCUT2D eigenvalue weighted by atomic mass is 35.5. The summed E-state index contributed by atoms with van der Waals surface area (Å²) in [5.41, 5.74) is 3.86. The van der Waals surface area contributed by atoms with E-state index in [1.165, 1.54) is 0 Å². The fourth-order valence-electron chi connectivity index (χ4n) is 1.95. The number of hydrogen-bond donors (Lipinski definition) is 1. The molecule has 0 bridgehead atoms. The second kappa shape index (κ2) is 2.94. The summed E-state index contributed by atoms with van der Waals surface area (Å²) in [6.07, 6.45) is 0.738. The van der Waals surface area contributed by atoms with E-state index >= 15 is 0 Å². The number of halogens is 1. The number of benzene rings is 1. The average molecular weight is 219 g/mol. The summed E-state index contributed by atoms with van der Waals surface area (Å²) in [6.45, 7) is 0. The van der Waals surface area contributed by atoms with E-state index in [4.69, 9.17) is 11.6 Å². The Hall–Kier alpha value is -1.61. The van der Waals surface area contributed by atoms with E-state index in [-0.39, 0.29) is 5.56 Å². The molecule has 1 N–H and O–H groups in total. The summed E-state index contributed by atoms with van der Waals surface area (Å²) in [7, 11) is 0. The van der Waals surface area contributed by atoms with Crippen molar-refractivity contribution in [3.05, 3.63) is 50.8 Å². The number of aromatic nitrogens is 2. The minimum Gasteiger partial charge on any atom is -0.268 e. The third-order valence-electron chi connectivity index (χ3n) is 2.59. The molecule has 15 heavy (non-hydrogen) atoms. The first-order valence-electron chi connectivity index (χ1n) is 4.61. The molecule has 0 amide bonds. The SMILES string of the molecule is O=c1cc2c(n[nH]1)-c1ccc(Cl)cc1C2. The van der Waals surface area contributed by atoms with Gasteiger partial charge in [-0.1, -0.05) is 17.7 Å². The van der Waals surface area contributed by atoms with E-state index in [1.807, 2.05) is 18.2 Å². The van der Waals surface area contributed by atoms with Gasteiger partial charge in [-0.2, -0.15) is 5.10 Å². The average Bonchev–Trinajstić information content (AvgIpc) is 2.53. The highest BCUT2D eigenvalue weighted by molar-refractivity contribution is 6.30. The summed E-state index contributed by atoms with van der Waals surface area (Å²) in [6, 6.07) is 7.29. The molecule has 74 valence electrons. The fraction of sp³-hybridized carbons (Fsp3) is 0.0909. The normalized spacial score (nSPS) is 12.3. The molecule has 3 nitrogen and oxygen atoms in total. The van der Waals surface area contributed by atoms with Crippen LogP contribution < -0.4 is 5.56 Å². The van der Waals surface area contributed by atoms with Crippen molar-refractivity contribution < 1.29 is 0 Å². The molecule has 4 heteroatoms. The lowest BCUT2D eigenvalue weighted by molar-refractivity contribution is 0.983. The van der Waals surface area contributed by atoms with Crippen LogP contribution in [0.15, 0.2) is 29.1 Å². The highest BCUT2D eigenvalue weighted by Gasteiger charge is 2.20. The zero-order valence-corrected chi connectivity index (χ0v) is 8.51. The lowest BCUT2D eigenvalue weighted by atomic mass is 10.1. The monoisotopic (exact) mass is 218 g/mol. The molecule has 1 aliphatic rings. The van der Waals surface area contributed by atoms with Crippen LogP contribution in [0.4, 0.5) is 0 Å². The van der Waals surface area contributed by atoms with Crippen molar-refractivity contribution in [3.63, 3.8) is 0 Å². The van der Waals surface area contributed by atoms with Gasteiger partial charge in [0.05, 0.1) is 5.69 Å². The Kier molecular flexibility index (Phi) is 1.70. The second-order valence-electron chi connectivity index (χ2n) is 3.58. The van der Waals surface area contributed by atoms with Gasteiger partial charge in [-0.05, 0) is 23.3 Å². The van der Waals surface area contributed by atoms with Crippen LogP contribution in [0.5, 0.6) is 0 Å². The lowest BCUT2D eigenvalue weighted by Crippen LogP contribution is -2.07. The first-order valence-corrected chi connectivity index (χ1v) is 4.99. The number of aromatic amines is 1. The largest absolute Gasteiger partial charge is 0.268 e. The Morgan fingerprint density at radius 2 is 2.13 bits per heavy atom. The molecule has 0 unspecified atom stereocenters. The van der Waals surface area contributed by atoms with E-state index in [1.54, 1.807) is 6.07 Å². The van der Waals surface area contributed by atoms with E-state index < -0.39 is 0 Å². The lowest BCUT2D eigenvalue weighted by Gasteiger charge is -1.98. The molecule has 3 rings (SSSR count). The quantitative estimate of drug-likeness (QED) is 0.627. The zero-order valence-electron chi connectivity index (χ0n) is 7.75. The molecule has 1 heterocycles. The van der Waals surface area contributed by atoms with Crippen LogP contribution in [-0.4, -0.2) is 10.2 Å². The van der Waals surface area contributed by atoms with Gasteiger partial charge in [0.25, 0.3) is 5.56 Å². The minimum atomic E-state index is -0.160. The topological polar surface area (TPSA) is 45.8 Å². The van der Waals surface area contributed by atoms with Gasteiger partial charge in [0.15, 0.2) is 0 Å². The number of fused-ring (bicyclic) bond motifs is 3. The summed E-state index contributed by atoms with van der Waals surface area (Å²) >= 11 is 5.91. The number of rotatable bonds is 0. The van der Waals surface area contributed by atoms with Crippen LogP contribution >= 0.6 is 11.6 Å². The van der Waals surface area contributed by atoms with Crippen LogP contribution in [0.25, 0.3) is 11.3 Å². The Labute approximate surface area is 90.7 Å². The molecule has 2 aromatic rings. The van der Waals surface area contributed by atoms with Crippen molar-refractivity contribution in [2.75, 3.05) is 0 Å². The minimum absolute atomic E-state index is 0.160. The van der Waals surface area contributed by atoms with Crippen LogP contribution in [0.3, 0.4) is 0 Å². The molecule has 0 aliphatic heterocycles. The third kappa shape index (κ3) is 1.27. The van der Waals surface area contributed by atoms with Crippen molar-refractivity contribution in [2.24, 2.45) is 0 Å². The maximum atomic E-state index is 11.1. The van der Waals surface area contributed by atoms with Crippen molar-refractivity contribution in [2.45, 2.75) is 6.42 Å². The first kappa shape index (κ1) is 8.68. The van der Waals surface area contributed by atoms with E-state index in [0.29, 0.717) is 5.02 Å². The first-order chi connectivity index (χ1) is 7.24. The van der Waals surface area contributed by atoms with Crippen molar-refractivity contribution in [3.8, 4) is 11.3 Å². The van der Waals surface area contributed by atoms with Gasteiger partial charge in [-0.25, -0.2) is 5.10 Å². The molecule has 0 spiro atoms. The summed E-state index contributed by atoms with van der Waals surface area (Å²) in [5.74, 6) is 0. The smallest absolute Gasteiger partial charge is 0.264 e. The molecule has 1 aromatic heterocycles. The summed E-state index contributed by atoms with van der Waals surface area (Å²) in [5, 5.41) is 7.21. The molecule has 1 aromatic carbocycles. The molecule has 0 saturated carbocycles. The maximum absolute atomic E-state index is 11.1. The number of nitrogens with zero attached hydrogens (tertiary/aromatic N) is 1. The van der Waals surface area contributed by atoms with Crippen LogP contribution in [0.1, 0.15) is 11.1 Å². The van der Waals surface area contributed by atoms with Gasteiger partial charge in [-0.3, -0.25) is 4.79 Å². The van der Waals surface area contributed by atoms with E-state index in [2.05, 4.69) is 10.2 Å². The van der Waals surface area contributed by atoms with Gasteiger partial charge in [0.2, 0.25) is 0 Å². The predicted molar refractivity (Wildman–Crippen MR) is 58.1 cm³/mol. The number of H-pyrrole nitrogens is 1. The van der Waals surface area contributed by atoms with Crippen molar-refractivity contribution in [1.29, 1.82) is 0 Å². The molecule has 0 fully saturated rings. The van der Waals surface area contributed by atoms with Crippen LogP contribution in [0, 0.1) is 0 Å². The van der Waals surface area contributed by atoms with Crippen LogP contribution in [-0.2, 0) is 6.42 Å². The fourth-order valence-corrected chi connectivity index (χ4v) is 2.15. The zero-order chi connectivity index (χ0) is 10.4. The van der Waals surface area contributed by atoms with Gasteiger partial charge in [0, 0.05) is 23.1 Å². The molecular formula is C11H7ClN2O. The number of hydrogen-bond acceptors (Lipinski definition) is 2. The standard InChI is InChI=1S/C11H7ClN2O/c12-8-1-2-9-6(4-8)3-7-5-10(15)13-14-11(7)9/h1-2,4-5H,3H2,(H,13,15). The Morgan fingerprint density at radius 3 is 3.00 bits per heavy atom.